The smallest absolute Gasteiger partial charge is 0.111 e. The lowest BCUT2D eigenvalue weighted by Gasteiger charge is -2.43. The lowest BCUT2D eigenvalue weighted by Crippen LogP contribution is -2.48. The van der Waals surface area contributed by atoms with Gasteiger partial charge >= 0.3 is 0 Å². The Balaban J connectivity index is 1.61. The second-order valence-corrected chi connectivity index (χ2v) is 7.79. The lowest BCUT2D eigenvalue weighted by molar-refractivity contribution is -0.159. The Morgan fingerprint density at radius 3 is 2.17 bits per heavy atom. The van der Waals surface area contributed by atoms with Crippen LogP contribution in [0.15, 0.2) is 65.6 Å². The Morgan fingerprint density at radius 1 is 0.875 bits per heavy atom. The molecule has 3 heteroatoms. The standard InChI is InChI=1S/C21H26O2S/c1-15-16(2)21(24-19-12-8-5-9-13-19)23-17(3)20(15)22-14-18-10-6-4-7-11-18/h4-13,15-17,20-21H,14H2,1-3H3/t15-,16+,17-,20+,21-/m0/s1. The van der Waals surface area contributed by atoms with E-state index in [0.29, 0.717) is 18.4 Å². The highest BCUT2D eigenvalue weighted by molar-refractivity contribution is 7.99. The summed E-state index contributed by atoms with van der Waals surface area (Å²) in [6.45, 7) is 7.34. The van der Waals surface area contributed by atoms with Crippen LogP contribution in [0.4, 0.5) is 0 Å². The van der Waals surface area contributed by atoms with E-state index in [4.69, 9.17) is 9.47 Å². The predicted octanol–water partition coefficient (Wildman–Crippen LogP) is 5.38. The topological polar surface area (TPSA) is 18.5 Å². The number of hydrogen-bond acceptors (Lipinski definition) is 3. The zero-order valence-electron chi connectivity index (χ0n) is 14.6. The fourth-order valence-electron chi connectivity index (χ4n) is 3.21. The van der Waals surface area contributed by atoms with Crippen molar-refractivity contribution in [1.82, 2.24) is 0 Å². The summed E-state index contributed by atoms with van der Waals surface area (Å²) in [5.74, 6) is 0.894. The van der Waals surface area contributed by atoms with Gasteiger partial charge in [-0.2, -0.15) is 0 Å². The molecule has 0 N–H and O–H groups in total. The number of benzene rings is 2. The summed E-state index contributed by atoms with van der Waals surface area (Å²) >= 11 is 1.82. The van der Waals surface area contributed by atoms with Gasteiger partial charge in [-0.05, 0) is 36.5 Å². The van der Waals surface area contributed by atoms with E-state index in [0.717, 1.165) is 0 Å². The van der Waals surface area contributed by atoms with E-state index < -0.39 is 0 Å². The van der Waals surface area contributed by atoms with Crippen molar-refractivity contribution in [1.29, 1.82) is 0 Å². The second-order valence-electron chi connectivity index (χ2n) is 6.62. The molecule has 1 fully saturated rings. The van der Waals surface area contributed by atoms with Crippen molar-refractivity contribution in [2.75, 3.05) is 0 Å². The molecule has 1 heterocycles. The maximum absolute atomic E-state index is 6.31. The molecule has 2 aromatic rings. The maximum atomic E-state index is 6.31. The summed E-state index contributed by atoms with van der Waals surface area (Å²) in [7, 11) is 0. The van der Waals surface area contributed by atoms with E-state index >= 15 is 0 Å². The Morgan fingerprint density at radius 2 is 1.50 bits per heavy atom. The third-order valence-corrected chi connectivity index (χ3v) is 6.19. The van der Waals surface area contributed by atoms with Gasteiger partial charge in [-0.3, -0.25) is 0 Å². The zero-order valence-corrected chi connectivity index (χ0v) is 15.4. The van der Waals surface area contributed by atoms with Gasteiger partial charge in [-0.1, -0.05) is 74.1 Å². The molecule has 0 spiro atoms. The molecule has 0 saturated carbocycles. The highest BCUT2D eigenvalue weighted by Crippen LogP contribution is 2.40. The van der Waals surface area contributed by atoms with Crippen LogP contribution in [-0.2, 0) is 16.1 Å². The summed E-state index contributed by atoms with van der Waals surface area (Å²) in [6.07, 6.45) is 0.231. The fourth-order valence-corrected chi connectivity index (χ4v) is 4.49. The SMILES string of the molecule is C[C@@H]1[C@H](C)[C@@H](OCc2ccccc2)[C@H](C)O[C@H]1Sc1ccccc1. The molecule has 0 aromatic heterocycles. The van der Waals surface area contributed by atoms with Gasteiger partial charge in [-0.25, -0.2) is 0 Å². The van der Waals surface area contributed by atoms with Crippen LogP contribution in [0, 0.1) is 11.8 Å². The molecule has 0 aliphatic carbocycles. The van der Waals surface area contributed by atoms with Gasteiger partial charge in [0.2, 0.25) is 0 Å². The minimum atomic E-state index is 0.0983. The molecular formula is C21H26O2S. The molecule has 3 rings (SSSR count). The highest BCUT2D eigenvalue weighted by Gasteiger charge is 2.40. The highest BCUT2D eigenvalue weighted by atomic mass is 32.2. The number of thioether (sulfide) groups is 1. The Hall–Kier alpha value is -1.29. The van der Waals surface area contributed by atoms with Crippen molar-refractivity contribution in [3.05, 3.63) is 66.2 Å². The van der Waals surface area contributed by atoms with Crippen LogP contribution in [0.25, 0.3) is 0 Å². The van der Waals surface area contributed by atoms with Crippen LogP contribution in [0.1, 0.15) is 26.3 Å². The van der Waals surface area contributed by atoms with Crippen LogP contribution < -0.4 is 0 Å². The molecule has 0 amide bonds. The van der Waals surface area contributed by atoms with Gasteiger partial charge in [0.1, 0.15) is 5.44 Å². The zero-order chi connectivity index (χ0) is 16.9. The van der Waals surface area contributed by atoms with E-state index in [-0.39, 0.29) is 17.6 Å². The molecule has 5 atom stereocenters. The van der Waals surface area contributed by atoms with Gasteiger partial charge in [0, 0.05) is 4.90 Å². The summed E-state index contributed by atoms with van der Waals surface area (Å²) < 4.78 is 12.5. The third-order valence-electron chi connectivity index (χ3n) is 4.87. The van der Waals surface area contributed by atoms with E-state index in [1.807, 2.05) is 23.9 Å². The Labute approximate surface area is 149 Å². The third kappa shape index (κ3) is 4.21. The van der Waals surface area contributed by atoms with Gasteiger partial charge in [0.25, 0.3) is 0 Å². The molecule has 2 nitrogen and oxygen atoms in total. The minimum Gasteiger partial charge on any atom is -0.371 e. The molecule has 2 aromatic carbocycles. The molecule has 1 aliphatic heterocycles. The Bertz CT molecular complexity index is 616. The Kier molecular flexibility index (Phi) is 5.99. The van der Waals surface area contributed by atoms with Crippen LogP contribution in [-0.4, -0.2) is 17.6 Å². The van der Waals surface area contributed by atoms with Crippen LogP contribution in [0.2, 0.25) is 0 Å². The first-order chi connectivity index (χ1) is 11.6. The van der Waals surface area contributed by atoms with Crippen LogP contribution in [0.3, 0.4) is 0 Å². The molecule has 0 bridgehead atoms. The van der Waals surface area contributed by atoms with Crippen molar-refractivity contribution in [2.45, 2.75) is 49.9 Å². The monoisotopic (exact) mass is 342 g/mol. The first-order valence-corrected chi connectivity index (χ1v) is 9.56. The molecular weight excluding hydrogens is 316 g/mol. The second kappa shape index (κ2) is 8.19. The number of ether oxygens (including phenoxy) is 2. The average Bonchev–Trinajstić information content (AvgIpc) is 2.61. The molecule has 128 valence electrons. The molecule has 0 radical (unpaired) electrons. The summed E-state index contributed by atoms with van der Waals surface area (Å²) in [5.41, 5.74) is 1.39. The normalized spacial score (nSPS) is 30.2. The van der Waals surface area contributed by atoms with Crippen LogP contribution in [0.5, 0.6) is 0 Å². The van der Waals surface area contributed by atoms with E-state index in [1.54, 1.807) is 0 Å². The maximum Gasteiger partial charge on any atom is 0.111 e. The van der Waals surface area contributed by atoms with Crippen molar-refractivity contribution in [2.24, 2.45) is 11.8 Å². The lowest BCUT2D eigenvalue weighted by atomic mass is 9.86. The van der Waals surface area contributed by atoms with Crippen molar-refractivity contribution in [3.8, 4) is 0 Å². The summed E-state index contributed by atoms with van der Waals surface area (Å²) in [4.78, 5) is 1.26. The van der Waals surface area contributed by atoms with Gasteiger partial charge in [0.15, 0.2) is 0 Å². The molecule has 0 unspecified atom stereocenters. The first-order valence-electron chi connectivity index (χ1n) is 8.68. The average molecular weight is 343 g/mol. The van der Waals surface area contributed by atoms with Gasteiger partial charge in [-0.15, -0.1) is 0 Å². The van der Waals surface area contributed by atoms with Crippen molar-refractivity contribution >= 4 is 11.8 Å². The van der Waals surface area contributed by atoms with Crippen molar-refractivity contribution in [3.63, 3.8) is 0 Å². The predicted molar refractivity (Wildman–Crippen MR) is 100.0 cm³/mol. The molecule has 24 heavy (non-hydrogen) atoms. The van der Waals surface area contributed by atoms with Gasteiger partial charge < -0.3 is 9.47 Å². The molecule has 1 saturated heterocycles. The van der Waals surface area contributed by atoms with E-state index in [1.165, 1.54) is 10.5 Å². The van der Waals surface area contributed by atoms with Crippen molar-refractivity contribution < 1.29 is 9.47 Å². The summed E-state index contributed by atoms with van der Waals surface area (Å²) in [5, 5.41) is 0. The number of rotatable bonds is 5. The van der Waals surface area contributed by atoms with Crippen LogP contribution >= 0.6 is 11.8 Å². The number of hydrogen-bond donors (Lipinski definition) is 0. The minimum absolute atomic E-state index is 0.0983. The van der Waals surface area contributed by atoms with Gasteiger partial charge in [0.05, 0.1) is 18.8 Å². The fraction of sp³-hybridized carbons (Fsp3) is 0.429. The first kappa shape index (κ1) is 17.5. The quantitative estimate of drug-likeness (QED) is 0.726. The van der Waals surface area contributed by atoms with E-state index in [2.05, 4.69) is 69.3 Å². The van der Waals surface area contributed by atoms with E-state index in [9.17, 15) is 0 Å². The molecule has 1 aliphatic rings. The summed E-state index contributed by atoms with van der Waals surface area (Å²) in [6, 6.07) is 20.9. The largest absolute Gasteiger partial charge is 0.371 e.